The van der Waals surface area contributed by atoms with Crippen LogP contribution in [0.15, 0.2) is 46.0 Å². The lowest BCUT2D eigenvalue weighted by Crippen LogP contribution is -1.99. The van der Waals surface area contributed by atoms with Crippen molar-refractivity contribution in [2.75, 3.05) is 5.43 Å². The van der Waals surface area contributed by atoms with Crippen molar-refractivity contribution >= 4 is 61.8 Å². The summed E-state index contributed by atoms with van der Waals surface area (Å²) in [5.74, 6) is 0.274. The molecule has 0 aliphatic heterocycles. The molecule has 2 heterocycles. The summed E-state index contributed by atoms with van der Waals surface area (Å²) < 4.78 is 0.485. The number of aromatic amines is 1. The van der Waals surface area contributed by atoms with E-state index in [1.165, 1.54) is 6.21 Å². The molecule has 4 rings (SSSR count). The molecule has 9 heteroatoms. The first-order chi connectivity index (χ1) is 12.1. The number of H-pyrrole nitrogens is 1. The smallest absolute Gasteiger partial charge is 0.265 e. The van der Waals surface area contributed by atoms with Crippen LogP contribution in [-0.4, -0.2) is 31.5 Å². The molecule has 7 nitrogen and oxygen atoms in total. The van der Waals surface area contributed by atoms with E-state index < -0.39 is 0 Å². The van der Waals surface area contributed by atoms with Crippen molar-refractivity contribution in [3.63, 3.8) is 0 Å². The molecule has 0 aliphatic carbocycles. The van der Waals surface area contributed by atoms with Crippen LogP contribution in [0.5, 0.6) is 5.75 Å². The number of hydrogen-bond acceptors (Lipinski definition) is 6. The van der Waals surface area contributed by atoms with Crippen molar-refractivity contribution in [1.82, 2.24) is 20.2 Å². The number of para-hydroxylation sites is 1. The van der Waals surface area contributed by atoms with Gasteiger partial charge in [0.1, 0.15) is 11.3 Å². The summed E-state index contributed by atoms with van der Waals surface area (Å²) in [6.07, 6.45) is 1.42. The lowest BCUT2D eigenvalue weighted by Gasteiger charge is -2.02. The van der Waals surface area contributed by atoms with Crippen LogP contribution in [0.1, 0.15) is 5.56 Å². The first-order valence-corrected chi connectivity index (χ1v) is 8.37. The van der Waals surface area contributed by atoms with Crippen LogP contribution in [0, 0.1) is 0 Å². The number of hydrogen-bond donors (Lipinski definition) is 3. The third kappa shape index (κ3) is 3.01. The summed E-state index contributed by atoms with van der Waals surface area (Å²) in [6.45, 7) is 0. The van der Waals surface area contributed by atoms with E-state index in [0.717, 1.165) is 10.9 Å². The molecule has 0 unspecified atom stereocenters. The van der Waals surface area contributed by atoms with Crippen molar-refractivity contribution in [3.8, 4) is 5.75 Å². The fourth-order valence-corrected chi connectivity index (χ4v) is 3.25. The molecule has 2 aromatic heterocycles. The molecule has 25 heavy (non-hydrogen) atoms. The van der Waals surface area contributed by atoms with E-state index in [1.807, 2.05) is 24.3 Å². The summed E-state index contributed by atoms with van der Waals surface area (Å²) in [5, 5.41) is 23.6. The molecule has 0 saturated carbocycles. The third-order valence-electron chi connectivity index (χ3n) is 3.55. The Balaban J connectivity index is 1.62. The standard InChI is InChI=1S/C16H10BrClN6O/c17-11-6-9(18)5-8(14(11)25)7-19-23-16-21-15-13(22-24-16)10-3-1-2-4-12(10)20-15/h1-7,25H,(H2,20,21,23,24)/b19-7+. The minimum atomic E-state index is 0.0417. The highest BCUT2D eigenvalue weighted by atomic mass is 79.9. The van der Waals surface area contributed by atoms with Gasteiger partial charge in [0, 0.05) is 21.5 Å². The molecule has 0 bridgehead atoms. The summed E-state index contributed by atoms with van der Waals surface area (Å²) in [5.41, 5.74) is 5.39. The largest absolute Gasteiger partial charge is 0.506 e. The van der Waals surface area contributed by atoms with Crippen molar-refractivity contribution < 1.29 is 5.11 Å². The Morgan fingerprint density at radius 2 is 2.08 bits per heavy atom. The van der Waals surface area contributed by atoms with E-state index >= 15 is 0 Å². The predicted molar refractivity (Wildman–Crippen MR) is 101 cm³/mol. The maximum atomic E-state index is 9.97. The van der Waals surface area contributed by atoms with E-state index in [0.29, 0.717) is 26.2 Å². The molecular formula is C16H10BrClN6O. The van der Waals surface area contributed by atoms with Gasteiger partial charge in [-0.15, -0.1) is 10.2 Å². The average Bonchev–Trinajstić information content (AvgIpc) is 2.96. The topological polar surface area (TPSA) is 99.1 Å². The monoisotopic (exact) mass is 416 g/mol. The predicted octanol–water partition coefficient (Wildman–Crippen LogP) is 4.07. The van der Waals surface area contributed by atoms with Gasteiger partial charge in [-0.3, -0.25) is 0 Å². The first kappa shape index (κ1) is 15.8. The normalized spacial score (nSPS) is 11.6. The number of nitrogens with one attached hydrogen (secondary N) is 2. The van der Waals surface area contributed by atoms with Crippen molar-refractivity contribution in [1.29, 1.82) is 0 Å². The molecule has 2 aromatic carbocycles. The van der Waals surface area contributed by atoms with E-state index in [2.05, 4.69) is 46.6 Å². The summed E-state index contributed by atoms with van der Waals surface area (Å²) >= 11 is 9.18. The van der Waals surface area contributed by atoms with Gasteiger partial charge in [0.05, 0.1) is 10.7 Å². The van der Waals surface area contributed by atoms with Crippen LogP contribution < -0.4 is 5.43 Å². The number of phenolic OH excluding ortho intramolecular Hbond substituents is 1. The second kappa shape index (κ2) is 6.30. The van der Waals surface area contributed by atoms with Crippen LogP contribution >= 0.6 is 27.5 Å². The van der Waals surface area contributed by atoms with Crippen LogP contribution in [0.3, 0.4) is 0 Å². The molecular weight excluding hydrogens is 408 g/mol. The maximum Gasteiger partial charge on any atom is 0.265 e. The molecule has 0 atom stereocenters. The molecule has 0 aliphatic rings. The van der Waals surface area contributed by atoms with E-state index in [-0.39, 0.29) is 11.7 Å². The zero-order valence-corrected chi connectivity index (χ0v) is 14.9. The van der Waals surface area contributed by atoms with Crippen LogP contribution in [-0.2, 0) is 0 Å². The van der Waals surface area contributed by atoms with Gasteiger partial charge in [-0.2, -0.15) is 10.1 Å². The average molecular weight is 418 g/mol. The summed E-state index contributed by atoms with van der Waals surface area (Å²) in [7, 11) is 0. The highest BCUT2D eigenvalue weighted by molar-refractivity contribution is 9.10. The molecule has 3 N–H and O–H groups in total. The molecule has 0 saturated heterocycles. The number of phenols is 1. The number of hydrazone groups is 1. The Kier molecular flexibility index (Phi) is 3.98. The Morgan fingerprint density at radius 3 is 2.96 bits per heavy atom. The van der Waals surface area contributed by atoms with Gasteiger partial charge < -0.3 is 10.1 Å². The first-order valence-electron chi connectivity index (χ1n) is 7.20. The van der Waals surface area contributed by atoms with E-state index in [1.54, 1.807) is 12.1 Å². The Morgan fingerprint density at radius 1 is 1.24 bits per heavy atom. The van der Waals surface area contributed by atoms with Gasteiger partial charge in [-0.05, 0) is 34.1 Å². The van der Waals surface area contributed by atoms with Crippen molar-refractivity contribution in [3.05, 3.63) is 51.5 Å². The number of benzene rings is 2. The number of halogens is 2. The molecule has 4 aromatic rings. The zero-order chi connectivity index (χ0) is 17.4. The SMILES string of the molecule is Oc1c(Br)cc(Cl)cc1/C=N/Nc1nnc2c(n1)[nH]c1ccccc12. The molecule has 0 fully saturated rings. The third-order valence-corrected chi connectivity index (χ3v) is 4.37. The Hall–Kier alpha value is -2.71. The van der Waals surface area contributed by atoms with Gasteiger partial charge >= 0.3 is 0 Å². The van der Waals surface area contributed by atoms with Gasteiger partial charge in [0.15, 0.2) is 5.65 Å². The Labute approximate surface area is 154 Å². The number of rotatable bonds is 3. The molecule has 124 valence electrons. The molecule has 0 amide bonds. The van der Waals surface area contributed by atoms with Crippen molar-refractivity contribution in [2.45, 2.75) is 0 Å². The van der Waals surface area contributed by atoms with Crippen LogP contribution in [0.4, 0.5) is 5.95 Å². The minimum Gasteiger partial charge on any atom is -0.506 e. The second-order valence-corrected chi connectivity index (χ2v) is 6.49. The fourth-order valence-electron chi connectivity index (χ4n) is 2.41. The van der Waals surface area contributed by atoms with E-state index in [9.17, 15) is 5.11 Å². The van der Waals surface area contributed by atoms with Crippen molar-refractivity contribution in [2.24, 2.45) is 5.10 Å². The lowest BCUT2D eigenvalue weighted by molar-refractivity contribution is 0.471. The lowest BCUT2D eigenvalue weighted by atomic mass is 10.2. The van der Waals surface area contributed by atoms with Crippen LogP contribution in [0.2, 0.25) is 5.02 Å². The molecule has 0 spiro atoms. The highest BCUT2D eigenvalue weighted by Gasteiger charge is 2.08. The van der Waals surface area contributed by atoms with Crippen LogP contribution in [0.25, 0.3) is 22.1 Å². The number of aromatic nitrogens is 4. The highest BCUT2D eigenvalue weighted by Crippen LogP contribution is 2.30. The van der Waals surface area contributed by atoms with Gasteiger partial charge in [-0.1, -0.05) is 29.8 Å². The van der Waals surface area contributed by atoms with Gasteiger partial charge in [0.2, 0.25) is 0 Å². The van der Waals surface area contributed by atoms with E-state index in [4.69, 9.17) is 11.6 Å². The zero-order valence-electron chi connectivity index (χ0n) is 12.5. The number of fused-ring (bicyclic) bond motifs is 3. The molecule has 0 radical (unpaired) electrons. The summed E-state index contributed by atoms with van der Waals surface area (Å²) in [6, 6.07) is 11.0. The van der Waals surface area contributed by atoms with Gasteiger partial charge in [0.25, 0.3) is 5.95 Å². The quantitative estimate of drug-likeness (QED) is 0.345. The second-order valence-electron chi connectivity index (χ2n) is 5.20. The minimum absolute atomic E-state index is 0.0417. The number of aromatic hydroxyl groups is 1. The van der Waals surface area contributed by atoms with Gasteiger partial charge in [-0.25, -0.2) is 5.43 Å². The maximum absolute atomic E-state index is 9.97. The number of anilines is 1. The fraction of sp³-hybridized carbons (Fsp3) is 0. The summed E-state index contributed by atoms with van der Waals surface area (Å²) in [4.78, 5) is 7.53. The number of nitrogens with zero attached hydrogens (tertiary/aromatic N) is 4. The Bertz CT molecular complexity index is 1130.